The minimum Gasteiger partial charge on any atom is -0.357 e. The zero-order valence-corrected chi connectivity index (χ0v) is 12.8. The molecule has 0 bridgehead atoms. The highest BCUT2D eigenvalue weighted by atomic mass is 32.1. The highest BCUT2D eigenvalue weighted by Crippen LogP contribution is 2.40. The van der Waals surface area contributed by atoms with Crippen molar-refractivity contribution in [2.75, 3.05) is 18.0 Å². The van der Waals surface area contributed by atoms with Gasteiger partial charge in [-0.3, -0.25) is 0 Å². The third-order valence-electron chi connectivity index (χ3n) is 3.97. The predicted octanol–water partition coefficient (Wildman–Crippen LogP) is 3.59. The van der Waals surface area contributed by atoms with Crippen molar-refractivity contribution in [3.05, 3.63) is 16.3 Å². The van der Waals surface area contributed by atoms with Gasteiger partial charge in [-0.15, -0.1) is 11.3 Å². The summed E-state index contributed by atoms with van der Waals surface area (Å²) in [4.78, 5) is 14.7. The molecule has 2 aromatic rings. The van der Waals surface area contributed by atoms with Gasteiger partial charge in [-0.05, 0) is 38.7 Å². The van der Waals surface area contributed by atoms with Crippen LogP contribution in [0.2, 0.25) is 0 Å². The van der Waals surface area contributed by atoms with Gasteiger partial charge in [0.25, 0.3) is 0 Å². The van der Waals surface area contributed by atoms with Gasteiger partial charge in [-0.1, -0.05) is 6.92 Å². The van der Waals surface area contributed by atoms with Crippen LogP contribution in [0, 0.1) is 0 Å². The molecule has 3 rings (SSSR count). The molecule has 0 spiro atoms. The maximum Gasteiger partial charge on any atom is 0.141 e. The normalized spacial score (nSPS) is 14.1. The molecule has 1 aliphatic rings. The number of hydrogen-bond donors (Lipinski definition) is 0. The largest absolute Gasteiger partial charge is 0.357 e. The fraction of sp³-hybridized carbons (Fsp3) is 0.600. The summed E-state index contributed by atoms with van der Waals surface area (Å²) in [6.07, 6.45) is 4.64. The van der Waals surface area contributed by atoms with Crippen LogP contribution >= 0.6 is 11.3 Å². The number of fused-ring (bicyclic) bond motifs is 3. The van der Waals surface area contributed by atoms with E-state index in [2.05, 4.69) is 25.7 Å². The van der Waals surface area contributed by atoms with E-state index in [9.17, 15) is 0 Å². The van der Waals surface area contributed by atoms with Gasteiger partial charge in [0.15, 0.2) is 0 Å². The number of anilines is 1. The van der Waals surface area contributed by atoms with Crippen molar-refractivity contribution in [1.29, 1.82) is 0 Å². The minimum absolute atomic E-state index is 0.909. The summed E-state index contributed by atoms with van der Waals surface area (Å²) >= 11 is 1.89. The fourth-order valence-corrected chi connectivity index (χ4v) is 4.20. The SMILES string of the molecule is CCc1nc(N(CC)CC)c2c3c(sc2n1)CCC3. The van der Waals surface area contributed by atoms with E-state index in [1.54, 1.807) is 4.88 Å². The van der Waals surface area contributed by atoms with Crippen LogP contribution in [0.1, 0.15) is 43.5 Å². The first-order chi connectivity index (χ1) is 9.28. The number of rotatable bonds is 4. The number of hydrogen-bond acceptors (Lipinski definition) is 4. The average Bonchev–Trinajstić information content (AvgIpc) is 2.99. The smallest absolute Gasteiger partial charge is 0.141 e. The van der Waals surface area contributed by atoms with Crippen molar-refractivity contribution < 1.29 is 0 Å². The molecule has 2 heterocycles. The maximum atomic E-state index is 4.83. The second-order valence-electron chi connectivity index (χ2n) is 5.03. The second-order valence-corrected chi connectivity index (χ2v) is 6.11. The van der Waals surface area contributed by atoms with Gasteiger partial charge in [0.2, 0.25) is 0 Å². The van der Waals surface area contributed by atoms with E-state index >= 15 is 0 Å². The highest BCUT2D eigenvalue weighted by molar-refractivity contribution is 7.19. The van der Waals surface area contributed by atoms with Gasteiger partial charge in [0.05, 0.1) is 5.39 Å². The molecule has 0 radical (unpaired) electrons. The third-order valence-corrected chi connectivity index (χ3v) is 5.16. The first-order valence-corrected chi connectivity index (χ1v) is 8.16. The molecule has 0 unspecified atom stereocenters. The Kier molecular flexibility index (Phi) is 3.44. The van der Waals surface area contributed by atoms with E-state index in [4.69, 9.17) is 9.97 Å². The van der Waals surface area contributed by atoms with Gasteiger partial charge in [-0.25, -0.2) is 9.97 Å². The Morgan fingerprint density at radius 2 is 1.89 bits per heavy atom. The fourth-order valence-electron chi connectivity index (χ4n) is 2.93. The Balaban J connectivity index is 2.26. The summed E-state index contributed by atoms with van der Waals surface area (Å²) in [5.74, 6) is 2.15. The van der Waals surface area contributed by atoms with Crippen molar-refractivity contribution in [2.24, 2.45) is 0 Å². The molecular weight excluding hydrogens is 254 g/mol. The Morgan fingerprint density at radius 3 is 2.58 bits per heavy atom. The second kappa shape index (κ2) is 5.08. The topological polar surface area (TPSA) is 29.0 Å². The molecule has 19 heavy (non-hydrogen) atoms. The van der Waals surface area contributed by atoms with Crippen molar-refractivity contribution in [3.63, 3.8) is 0 Å². The molecule has 102 valence electrons. The zero-order valence-electron chi connectivity index (χ0n) is 12.0. The molecule has 0 atom stereocenters. The van der Waals surface area contributed by atoms with Crippen LogP contribution < -0.4 is 4.90 Å². The molecule has 2 aromatic heterocycles. The lowest BCUT2D eigenvalue weighted by molar-refractivity contribution is 0.832. The monoisotopic (exact) mass is 275 g/mol. The summed E-state index contributed by atoms with van der Waals surface area (Å²) in [7, 11) is 0. The van der Waals surface area contributed by atoms with E-state index in [-0.39, 0.29) is 0 Å². The van der Waals surface area contributed by atoms with Crippen LogP contribution in [0.15, 0.2) is 0 Å². The first-order valence-electron chi connectivity index (χ1n) is 7.34. The van der Waals surface area contributed by atoms with Crippen LogP contribution in [0.25, 0.3) is 10.2 Å². The van der Waals surface area contributed by atoms with Crippen molar-refractivity contribution in [1.82, 2.24) is 9.97 Å². The van der Waals surface area contributed by atoms with Gasteiger partial charge >= 0.3 is 0 Å². The molecule has 4 heteroatoms. The van der Waals surface area contributed by atoms with Crippen LogP contribution in [0.3, 0.4) is 0 Å². The van der Waals surface area contributed by atoms with Gasteiger partial charge in [0.1, 0.15) is 16.5 Å². The van der Waals surface area contributed by atoms with Crippen molar-refractivity contribution >= 4 is 27.4 Å². The molecule has 0 fully saturated rings. The van der Waals surface area contributed by atoms with Crippen LogP contribution in [-0.2, 0) is 19.3 Å². The lowest BCUT2D eigenvalue weighted by Gasteiger charge is -2.21. The molecular formula is C15H21N3S. The van der Waals surface area contributed by atoms with Crippen LogP contribution in [-0.4, -0.2) is 23.1 Å². The van der Waals surface area contributed by atoms with Gasteiger partial charge in [0, 0.05) is 24.4 Å². The average molecular weight is 275 g/mol. The lowest BCUT2D eigenvalue weighted by atomic mass is 10.1. The molecule has 0 N–H and O–H groups in total. The summed E-state index contributed by atoms with van der Waals surface area (Å²) in [5, 5.41) is 1.35. The lowest BCUT2D eigenvalue weighted by Crippen LogP contribution is -2.24. The summed E-state index contributed by atoms with van der Waals surface area (Å²) in [6, 6.07) is 0. The Morgan fingerprint density at radius 1 is 1.11 bits per heavy atom. The molecule has 0 aliphatic heterocycles. The Labute approximate surface area is 118 Å². The molecule has 0 amide bonds. The Hall–Kier alpha value is -1.16. The van der Waals surface area contributed by atoms with E-state index < -0.39 is 0 Å². The van der Waals surface area contributed by atoms with E-state index in [0.29, 0.717) is 0 Å². The molecule has 0 saturated heterocycles. The molecule has 3 nitrogen and oxygen atoms in total. The molecule has 1 aliphatic carbocycles. The highest BCUT2D eigenvalue weighted by Gasteiger charge is 2.23. The number of nitrogens with zero attached hydrogens (tertiary/aromatic N) is 3. The predicted molar refractivity (Wildman–Crippen MR) is 82.4 cm³/mol. The minimum atomic E-state index is 0.909. The van der Waals surface area contributed by atoms with Crippen LogP contribution in [0.5, 0.6) is 0 Å². The summed E-state index contributed by atoms with van der Waals surface area (Å²) < 4.78 is 0. The standard InChI is InChI=1S/C15H21N3S/c1-4-12-16-14(18(5-2)6-3)13-10-8-7-9-11(10)19-15(13)17-12/h4-9H2,1-3H3. The van der Waals surface area contributed by atoms with Crippen LogP contribution in [0.4, 0.5) is 5.82 Å². The van der Waals surface area contributed by atoms with E-state index in [0.717, 1.165) is 25.3 Å². The maximum absolute atomic E-state index is 4.83. The number of aryl methyl sites for hydroxylation is 3. The zero-order chi connectivity index (χ0) is 13.4. The van der Waals surface area contributed by atoms with Crippen molar-refractivity contribution in [3.8, 4) is 0 Å². The Bertz CT molecular complexity index is 599. The number of thiophene rings is 1. The quantitative estimate of drug-likeness (QED) is 0.854. The summed E-state index contributed by atoms with van der Waals surface area (Å²) in [5.41, 5.74) is 1.53. The summed E-state index contributed by atoms with van der Waals surface area (Å²) in [6.45, 7) is 8.56. The van der Waals surface area contributed by atoms with Gasteiger partial charge in [-0.2, -0.15) is 0 Å². The number of aromatic nitrogens is 2. The van der Waals surface area contributed by atoms with E-state index in [1.165, 1.54) is 40.9 Å². The van der Waals surface area contributed by atoms with E-state index in [1.807, 2.05) is 11.3 Å². The first kappa shape index (κ1) is 12.9. The molecule has 0 saturated carbocycles. The van der Waals surface area contributed by atoms with Crippen molar-refractivity contribution in [2.45, 2.75) is 46.5 Å². The molecule has 0 aromatic carbocycles. The third kappa shape index (κ3) is 2.02. The van der Waals surface area contributed by atoms with Gasteiger partial charge < -0.3 is 4.90 Å².